The summed E-state index contributed by atoms with van der Waals surface area (Å²) in [4.78, 5) is 11.0. The molecule has 0 unspecified atom stereocenters. The third-order valence-corrected chi connectivity index (χ3v) is 2.91. The Morgan fingerprint density at radius 2 is 2.00 bits per heavy atom. The van der Waals surface area contributed by atoms with E-state index in [0.717, 1.165) is 19.3 Å². The Bertz CT molecular complexity index is 255. The number of hydrogen-bond donors (Lipinski definition) is 0. The molecule has 2 aliphatic heterocycles. The predicted molar refractivity (Wildman–Crippen MR) is 55.0 cm³/mol. The molecular weight excluding hydrogens is 212 g/mol. The Morgan fingerprint density at radius 1 is 1.25 bits per heavy atom. The van der Waals surface area contributed by atoms with Crippen LogP contribution in [-0.2, 0) is 18.9 Å². The van der Waals surface area contributed by atoms with Crippen molar-refractivity contribution >= 4 is 6.16 Å². The zero-order valence-corrected chi connectivity index (χ0v) is 9.68. The third-order valence-electron chi connectivity index (χ3n) is 2.91. The van der Waals surface area contributed by atoms with Crippen LogP contribution < -0.4 is 0 Å². The second-order valence-electron chi connectivity index (χ2n) is 4.09. The number of carbonyl (C=O) groups excluding carboxylic acids is 1. The van der Waals surface area contributed by atoms with Gasteiger partial charge in [-0.05, 0) is 12.8 Å². The second kappa shape index (κ2) is 5.01. The van der Waals surface area contributed by atoms with Crippen LogP contribution in [0.2, 0.25) is 0 Å². The van der Waals surface area contributed by atoms with Gasteiger partial charge in [-0.3, -0.25) is 0 Å². The highest BCUT2D eigenvalue weighted by molar-refractivity contribution is 5.63. The molecule has 92 valence electrons. The Hall–Kier alpha value is -0.810. The van der Waals surface area contributed by atoms with E-state index in [1.165, 1.54) is 0 Å². The molecule has 0 radical (unpaired) electrons. The zero-order valence-electron chi connectivity index (χ0n) is 9.68. The average Bonchev–Trinajstić information content (AvgIpc) is 2.77. The van der Waals surface area contributed by atoms with Crippen LogP contribution >= 0.6 is 0 Å². The van der Waals surface area contributed by atoms with Gasteiger partial charge in [-0.2, -0.15) is 0 Å². The molecule has 0 spiro atoms. The van der Waals surface area contributed by atoms with E-state index in [2.05, 4.69) is 6.92 Å². The van der Waals surface area contributed by atoms with Gasteiger partial charge in [0.2, 0.25) is 0 Å². The first-order valence-electron chi connectivity index (χ1n) is 5.90. The molecule has 0 amide bonds. The Labute approximate surface area is 95.0 Å². The molecule has 0 aromatic carbocycles. The fraction of sp³-hybridized carbons (Fsp3) is 0.909. The molecule has 0 aliphatic carbocycles. The lowest BCUT2D eigenvalue weighted by Gasteiger charge is -2.15. The van der Waals surface area contributed by atoms with Crippen LogP contribution in [0.15, 0.2) is 0 Å². The molecular formula is C11H18O5. The van der Waals surface area contributed by atoms with Crippen molar-refractivity contribution in [2.24, 2.45) is 0 Å². The average molecular weight is 230 g/mol. The molecule has 4 atom stereocenters. The van der Waals surface area contributed by atoms with Crippen LogP contribution in [0.3, 0.4) is 0 Å². The first-order valence-corrected chi connectivity index (χ1v) is 5.90. The minimum absolute atomic E-state index is 0.108. The van der Waals surface area contributed by atoms with Gasteiger partial charge in [-0.15, -0.1) is 0 Å². The van der Waals surface area contributed by atoms with Crippen LogP contribution in [0.5, 0.6) is 0 Å². The van der Waals surface area contributed by atoms with Crippen molar-refractivity contribution < 1.29 is 23.7 Å². The first kappa shape index (κ1) is 11.7. The molecule has 0 saturated carbocycles. The number of ether oxygens (including phenoxy) is 4. The molecule has 5 nitrogen and oxygen atoms in total. The van der Waals surface area contributed by atoms with E-state index >= 15 is 0 Å². The Balaban J connectivity index is 1.91. The lowest BCUT2D eigenvalue weighted by molar-refractivity contribution is -0.167. The van der Waals surface area contributed by atoms with Crippen molar-refractivity contribution in [3.63, 3.8) is 0 Å². The summed E-state index contributed by atoms with van der Waals surface area (Å²) < 4.78 is 21.3. The molecule has 0 bridgehead atoms. The summed E-state index contributed by atoms with van der Waals surface area (Å²) >= 11 is 0. The summed E-state index contributed by atoms with van der Waals surface area (Å²) in [5.41, 5.74) is 0. The van der Waals surface area contributed by atoms with Gasteiger partial charge in [0.25, 0.3) is 0 Å². The summed E-state index contributed by atoms with van der Waals surface area (Å²) in [6.45, 7) is 4.70. The topological polar surface area (TPSA) is 54.0 Å². The molecule has 2 aliphatic rings. The van der Waals surface area contributed by atoms with E-state index in [0.29, 0.717) is 6.61 Å². The van der Waals surface area contributed by atoms with Crippen LogP contribution in [-0.4, -0.2) is 37.4 Å². The molecule has 5 heteroatoms. The van der Waals surface area contributed by atoms with Gasteiger partial charge in [-0.25, -0.2) is 4.79 Å². The minimum Gasteiger partial charge on any atom is -0.424 e. The van der Waals surface area contributed by atoms with Crippen LogP contribution in [0, 0.1) is 0 Å². The fourth-order valence-electron chi connectivity index (χ4n) is 2.02. The van der Waals surface area contributed by atoms with E-state index in [1.807, 2.05) is 6.92 Å². The van der Waals surface area contributed by atoms with E-state index in [4.69, 9.17) is 18.9 Å². The Morgan fingerprint density at radius 3 is 2.69 bits per heavy atom. The quantitative estimate of drug-likeness (QED) is 0.533. The minimum atomic E-state index is -0.610. The van der Waals surface area contributed by atoms with Gasteiger partial charge in [0.1, 0.15) is 6.10 Å². The molecule has 2 saturated heterocycles. The van der Waals surface area contributed by atoms with Gasteiger partial charge in [0, 0.05) is 6.61 Å². The fourth-order valence-corrected chi connectivity index (χ4v) is 2.02. The maximum atomic E-state index is 11.0. The summed E-state index contributed by atoms with van der Waals surface area (Å²) in [7, 11) is 0. The SMILES string of the molecule is CCCCO[C@@H]1O[C@H](CC)[C@H]2OC(=O)O[C@@H]12. The lowest BCUT2D eigenvalue weighted by Crippen LogP contribution is -2.31. The van der Waals surface area contributed by atoms with Crippen LogP contribution in [0.4, 0.5) is 4.79 Å². The van der Waals surface area contributed by atoms with Gasteiger partial charge in [0.15, 0.2) is 18.5 Å². The number of carbonyl (C=O) groups is 1. The highest BCUT2D eigenvalue weighted by atomic mass is 16.8. The van der Waals surface area contributed by atoms with Gasteiger partial charge in [-0.1, -0.05) is 20.3 Å². The molecule has 2 rings (SSSR count). The molecule has 2 heterocycles. The maximum absolute atomic E-state index is 11.0. The lowest BCUT2D eigenvalue weighted by atomic mass is 10.1. The molecule has 0 aromatic rings. The maximum Gasteiger partial charge on any atom is 0.509 e. The summed E-state index contributed by atoms with van der Waals surface area (Å²) in [5, 5.41) is 0. The number of rotatable bonds is 5. The summed E-state index contributed by atoms with van der Waals surface area (Å²) in [6.07, 6.45) is 0.943. The normalized spacial score (nSPS) is 37.0. The predicted octanol–water partition coefficient (Wildman–Crippen LogP) is 1.84. The first-order chi connectivity index (χ1) is 7.76. The monoisotopic (exact) mass is 230 g/mol. The second-order valence-corrected chi connectivity index (χ2v) is 4.09. The van der Waals surface area contributed by atoms with Crippen molar-refractivity contribution in [1.82, 2.24) is 0 Å². The highest BCUT2D eigenvalue weighted by Gasteiger charge is 2.54. The van der Waals surface area contributed by atoms with Crippen LogP contribution in [0.25, 0.3) is 0 Å². The Kier molecular flexibility index (Phi) is 3.66. The van der Waals surface area contributed by atoms with E-state index in [9.17, 15) is 4.79 Å². The van der Waals surface area contributed by atoms with E-state index in [-0.39, 0.29) is 12.2 Å². The van der Waals surface area contributed by atoms with E-state index < -0.39 is 18.5 Å². The number of unbranched alkanes of at least 4 members (excludes halogenated alkanes) is 1. The number of hydrogen-bond acceptors (Lipinski definition) is 5. The summed E-state index contributed by atoms with van der Waals surface area (Å²) in [5.74, 6) is 0. The van der Waals surface area contributed by atoms with Gasteiger partial charge < -0.3 is 18.9 Å². The standard InChI is InChI=1S/C11H18O5/c1-3-5-6-13-10-9-8(7(4-2)14-10)15-11(12)16-9/h7-10H,3-6H2,1-2H3/t7-,8-,9-,10-/m1/s1. The molecule has 2 fully saturated rings. The number of fused-ring (bicyclic) bond motifs is 1. The van der Waals surface area contributed by atoms with Gasteiger partial charge >= 0.3 is 6.16 Å². The van der Waals surface area contributed by atoms with Crippen molar-refractivity contribution in [3.8, 4) is 0 Å². The molecule has 0 aromatic heterocycles. The van der Waals surface area contributed by atoms with Crippen molar-refractivity contribution in [2.45, 2.75) is 57.7 Å². The van der Waals surface area contributed by atoms with Crippen molar-refractivity contribution in [3.05, 3.63) is 0 Å². The van der Waals surface area contributed by atoms with E-state index in [1.54, 1.807) is 0 Å². The van der Waals surface area contributed by atoms with Crippen molar-refractivity contribution in [1.29, 1.82) is 0 Å². The zero-order chi connectivity index (χ0) is 11.5. The smallest absolute Gasteiger partial charge is 0.424 e. The molecule has 16 heavy (non-hydrogen) atoms. The van der Waals surface area contributed by atoms with Crippen molar-refractivity contribution in [2.75, 3.05) is 6.61 Å². The highest BCUT2D eigenvalue weighted by Crippen LogP contribution is 2.33. The van der Waals surface area contributed by atoms with Gasteiger partial charge in [0.05, 0.1) is 0 Å². The third kappa shape index (κ3) is 2.15. The largest absolute Gasteiger partial charge is 0.509 e. The summed E-state index contributed by atoms with van der Waals surface area (Å²) in [6, 6.07) is 0. The van der Waals surface area contributed by atoms with Crippen LogP contribution in [0.1, 0.15) is 33.1 Å². The molecule has 0 N–H and O–H groups in total.